The molecule has 1 saturated heterocycles. The van der Waals surface area contributed by atoms with Crippen LogP contribution in [0.25, 0.3) is 22.0 Å². The third-order valence-corrected chi connectivity index (χ3v) is 7.25. The van der Waals surface area contributed by atoms with Crippen LogP contribution in [0.3, 0.4) is 0 Å². The van der Waals surface area contributed by atoms with Gasteiger partial charge in [0.05, 0.1) is 34.2 Å². The normalized spacial score (nSPS) is 17.5. The smallest absolute Gasteiger partial charge is 0.417 e. The second kappa shape index (κ2) is 9.49. The Kier molecular flexibility index (Phi) is 6.59. The van der Waals surface area contributed by atoms with Crippen LogP contribution in [-0.2, 0) is 11.0 Å². The number of nitrogens with two attached hydrogens (primary N) is 1. The number of anilines is 2. The number of aromatic nitrogens is 1. The summed E-state index contributed by atoms with van der Waals surface area (Å²) in [5, 5.41) is 1.24. The van der Waals surface area contributed by atoms with Crippen LogP contribution in [0.4, 0.5) is 33.3 Å². The molecular formula is C25H20ClF5N4O2S. The number of carbonyl (C=O) groups is 1. The van der Waals surface area contributed by atoms with Crippen LogP contribution < -0.4 is 15.4 Å². The van der Waals surface area contributed by atoms with Crippen molar-refractivity contribution in [3.05, 3.63) is 57.6 Å². The van der Waals surface area contributed by atoms with Gasteiger partial charge in [-0.05, 0) is 30.0 Å². The molecule has 6 nitrogen and oxygen atoms in total. The molecule has 0 spiro atoms. The molecule has 2 aromatic carbocycles. The number of hydrogen-bond acceptors (Lipinski definition) is 6. The largest absolute Gasteiger partial charge is 0.488 e. The number of alkyl halides is 3. The summed E-state index contributed by atoms with van der Waals surface area (Å²) in [6.07, 6.45) is -2.38. The van der Waals surface area contributed by atoms with Crippen LogP contribution in [0.2, 0.25) is 5.02 Å². The summed E-state index contributed by atoms with van der Waals surface area (Å²) in [5.74, 6) is -2.21. The SMILES string of the molecule is Cc1c(F)c(N)cc(-c2c(Cl)cc3c4c(cnc3c2F)OC[C@H]2CN(C(=O)/C=C/S)CCN42)c1C(F)(F)F. The summed E-state index contributed by atoms with van der Waals surface area (Å²) in [6.45, 7) is 2.25. The van der Waals surface area contributed by atoms with Gasteiger partial charge in [-0.2, -0.15) is 25.8 Å². The zero-order valence-electron chi connectivity index (χ0n) is 19.7. The Morgan fingerprint density at radius 1 is 1.26 bits per heavy atom. The number of amides is 1. The minimum Gasteiger partial charge on any atom is -0.488 e. The molecule has 0 radical (unpaired) electrons. The fourth-order valence-corrected chi connectivity index (χ4v) is 5.53. The number of nitrogens with zero attached hydrogens (tertiary/aromatic N) is 3. The summed E-state index contributed by atoms with van der Waals surface area (Å²) in [4.78, 5) is 20.0. The molecule has 1 aromatic heterocycles. The van der Waals surface area contributed by atoms with Crippen LogP contribution in [0.1, 0.15) is 11.1 Å². The van der Waals surface area contributed by atoms with E-state index in [-0.39, 0.29) is 34.5 Å². The molecule has 0 unspecified atom stereocenters. The lowest BCUT2D eigenvalue weighted by Gasteiger charge is -2.45. The molecule has 2 aliphatic heterocycles. The fourth-order valence-electron chi connectivity index (χ4n) is 5.11. The maximum atomic E-state index is 16.0. The lowest BCUT2D eigenvalue weighted by Crippen LogP contribution is -2.58. The number of nitrogen functional groups attached to an aromatic ring is 1. The first kappa shape index (κ1) is 26.4. The molecule has 0 bridgehead atoms. The van der Waals surface area contributed by atoms with Gasteiger partial charge in [0.1, 0.15) is 17.9 Å². The zero-order chi connectivity index (χ0) is 27.5. The molecule has 0 saturated carbocycles. The second-order valence-electron chi connectivity index (χ2n) is 9.00. The third kappa shape index (κ3) is 4.19. The molecule has 13 heteroatoms. The van der Waals surface area contributed by atoms with Crippen molar-refractivity contribution in [1.82, 2.24) is 9.88 Å². The first-order chi connectivity index (χ1) is 17.9. The van der Waals surface area contributed by atoms with Gasteiger partial charge in [-0.3, -0.25) is 4.79 Å². The van der Waals surface area contributed by atoms with E-state index in [1.54, 1.807) is 4.90 Å². The number of ether oxygens (including phenoxy) is 1. The first-order valence-electron chi connectivity index (χ1n) is 11.4. The summed E-state index contributed by atoms with van der Waals surface area (Å²) in [6, 6.07) is 1.79. The minimum absolute atomic E-state index is 0.210. The van der Waals surface area contributed by atoms with E-state index < -0.39 is 45.8 Å². The van der Waals surface area contributed by atoms with Crippen LogP contribution >= 0.6 is 24.2 Å². The zero-order valence-corrected chi connectivity index (χ0v) is 21.4. The number of benzene rings is 2. The highest BCUT2D eigenvalue weighted by Gasteiger charge is 2.40. The highest BCUT2D eigenvalue weighted by Crippen LogP contribution is 2.48. The Morgan fingerprint density at radius 2 is 2.00 bits per heavy atom. The monoisotopic (exact) mass is 570 g/mol. The van der Waals surface area contributed by atoms with E-state index in [1.807, 2.05) is 4.90 Å². The molecule has 0 aliphatic carbocycles. The number of carbonyl (C=O) groups excluding carboxylic acids is 1. The number of fused-ring (bicyclic) bond motifs is 5. The molecule has 5 rings (SSSR count). The maximum absolute atomic E-state index is 16.0. The van der Waals surface area contributed by atoms with E-state index in [0.29, 0.717) is 31.1 Å². The third-order valence-electron chi connectivity index (χ3n) is 6.80. The van der Waals surface area contributed by atoms with E-state index >= 15 is 4.39 Å². The fraction of sp³-hybridized carbons (Fsp3) is 0.280. The second-order valence-corrected chi connectivity index (χ2v) is 9.70. The Bertz CT molecular complexity index is 1510. The number of hydrogen-bond donors (Lipinski definition) is 2. The van der Waals surface area contributed by atoms with E-state index in [2.05, 4.69) is 17.6 Å². The van der Waals surface area contributed by atoms with Crippen molar-refractivity contribution in [2.24, 2.45) is 0 Å². The molecule has 2 aliphatic rings. The van der Waals surface area contributed by atoms with Gasteiger partial charge in [0.15, 0.2) is 11.6 Å². The van der Waals surface area contributed by atoms with Crippen molar-refractivity contribution in [2.75, 3.05) is 36.9 Å². The lowest BCUT2D eigenvalue weighted by atomic mass is 9.92. The van der Waals surface area contributed by atoms with Gasteiger partial charge < -0.3 is 20.3 Å². The predicted molar refractivity (Wildman–Crippen MR) is 138 cm³/mol. The quantitative estimate of drug-likeness (QED) is 0.182. The molecule has 1 fully saturated rings. The van der Waals surface area contributed by atoms with Crippen LogP contribution in [0.15, 0.2) is 29.8 Å². The lowest BCUT2D eigenvalue weighted by molar-refractivity contribution is -0.137. The molecule has 3 aromatic rings. The minimum atomic E-state index is -5.01. The maximum Gasteiger partial charge on any atom is 0.417 e. The summed E-state index contributed by atoms with van der Waals surface area (Å²) < 4.78 is 78.1. The number of rotatable bonds is 2. The number of pyridine rings is 1. The summed E-state index contributed by atoms with van der Waals surface area (Å²) >= 11 is 10.4. The van der Waals surface area contributed by atoms with E-state index in [1.165, 1.54) is 23.7 Å². The van der Waals surface area contributed by atoms with Gasteiger partial charge in [-0.1, -0.05) is 11.6 Å². The Balaban J connectivity index is 1.67. The van der Waals surface area contributed by atoms with Crippen molar-refractivity contribution in [3.8, 4) is 16.9 Å². The van der Waals surface area contributed by atoms with Crippen LogP contribution in [-0.4, -0.2) is 48.1 Å². The van der Waals surface area contributed by atoms with Gasteiger partial charge in [0, 0.05) is 42.2 Å². The van der Waals surface area contributed by atoms with Gasteiger partial charge in [-0.15, -0.1) is 0 Å². The molecule has 2 N–H and O–H groups in total. The molecular weight excluding hydrogens is 551 g/mol. The Hall–Kier alpha value is -3.25. The summed E-state index contributed by atoms with van der Waals surface area (Å²) in [7, 11) is 0. The van der Waals surface area contributed by atoms with E-state index in [4.69, 9.17) is 22.1 Å². The molecule has 200 valence electrons. The van der Waals surface area contributed by atoms with E-state index in [0.717, 1.165) is 13.0 Å². The van der Waals surface area contributed by atoms with Crippen LogP contribution in [0, 0.1) is 18.6 Å². The predicted octanol–water partition coefficient (Wildman–Crippen LogP) is 5.60. The van der Waals surface area contributed by atoms with Crippen LogP contribution in [0.5, 0.6) is 5.75 Å². The molecule has 1 amide bonds. The molecule has 3 heterocycles. The van der Waals surface area contributed by atoms with Crippen molar-refractivity contribution in [2.45, 2.75) is 19.1 Å². The molecule has 38 heavy (non-hydrogen) atoms. The highest BCUT2D eigenvalue weighted by molar-refractivity contribution is 7.83. The van der Waals surface area contributed by atoms with Gasteiger partial charge in [0.2, 0.25) is 5.91 Å². The van der Waals surface area contributed by atoms with Crippen molar-refractivity contribution in [3.63, 3.8) is 0 Å². The van der Waals surface area contributed by atoms with Gasteiger partial charge in [-0.25, -0.2) is 13.8 Å². The standard InChI is InChI=1S/C25H20ClF5N4O2S/c1-11-20(25(29,30)31)13(7-16(32)21(11)27)19-15(26)6-14-23(22(19)28)33-8-17-24(14)35-4-3-34(18(36)2-5-38)9-12(35)10-37-17/h2,5-8,12,38H,3-4,9-10,32H2,1H3/b5-2+/t12-/m1/s1. The Morgan fingerprint density at radius 3 is 2.68 bits per heavy atom. The summed E-state index contributed by atoms with van der Waals surface area (Å²) in [5.41, 5.74) is 1.87. The molecule has 1 atom stereocenters. The van der Waals surface area contributed by atoms with Gasteiger partial charge in [0.25, 0.3) is 0 Å². The topological polar surface area (TPSA) is 71.7 Å². The number of thiol groups is 1. The Labute approximate surface area is 224 Å². The van der Waals surface area contributed by atoms with Gasteiger partial charge >= 0.3 is 6.18 Å². The van der Waals surface area contributed by atoms with Crippen molar-refractivity contribution in [1.29, 1.82) is 0 Å². The average Bonchev–Trinajstić information content (AvgIpc) is 2.85. The van der Waals surface area contributed by atoms with E-state index in [9.17, 15) is 22.4 Å². The number of piperazine rings is 1. The average molecular weight is 571 g/mol. The first-order valence-corrected chi connectivity index (χ1v) is 12.3. The van der Waals surface area contributed by atoms with Crippen molar-refractivity contribution < 1.29 is 31.5 Å². The van der Waals surface area contributed by atoms with Crippen molar-refractivity contribution >= 4 is 52.4 Å². The highest BCUT2D eigenvalue weighted by atomic mass is 35.5. The number of halogens is 6.